The topological polar surface area (TPSA) is 62.6 Å². The summed E-state index contributed by atoms with van der Waals surface area (Å²) in [4.78, 5) is 16.5. The van der Waals surface area contributed by atoms with Gasteiger partial charge in [0.05, 0.1) is 19.3 Å². The van der Waals surface area contributed by atoms with Crippen LogP contribution < -0.4 is 5.32 Å². The number of amides is 2. The van der Waals surface area contributed by atoms with E-state index in [-0.39, 0.29) is 6.03 Å². The Morgan fingerprint density at radius 1 is 1.55 bits per heavy atom. The summed E-state index contributed by atoms with van der Waals surface area (Å²) in [7, 11) is 5.64. The highest BCUT2D eigenvalue weighted by Crippen LogP contribution is 2.13. The van der Waals surface area contributed by atoms with E-state index >= 15 is 0 Å². The summed E-state index contributed by atoms with van der Waals surface area (Å²) in [5, 5.41) is 7.21. The van der Waals surface area contributed by atoms with Crippen LogP contribution in [0.2, 0.25) is 0 Å². The zero-order valence-electron chi connectivity index (χ0n) is 13.8. The summed E-state index contributed by atoms with van der Waals surface area (Å²) in [5.74, 6) is 0.552. The maximum absolute atomic E-state index is 12.4. The first-order valence-electron chi connectivity index (χ1n) is 7.76. The van der Waals surface area contributed by atoms with Gasteiger partial charge < -0.3 is 19.9 Å². The van der Waals surface area contributed by atoms with Crippen LogP contribution in [0.1, 0.15) is 12.0 Å². The first-order chi connectivity index (χ1) is 10.6. The molecule has 2 heterocycles. The zero-order valence-corrected chi connectivity index (χ0v) is 13.8. The first kappa shape index (κ1) is 16.8. The van der Waals surface area contributed by atoms with Gasteiger partial charge in [0.15, 0.2) is 0 Å². The minimum absolute atomic E-state index is 0.0320. The number of hydrogen-bond acceptors (Lipinski definition) is 4. The van der Waals surface area contributed by atoms with Gasteiger partial charge in [-0.15, -0.1) is 0 Å². The summed E-state index contributed by atoms with van der Waals surface area (Å²) in [6.45, 7) is 4.56. The predicted molar refractivity (Wildman–Crippen MR) is 84.5 cm³/mol. The van der Waals surface area contributed by atoms with Crippen molar-refractivity contribution in [3.05, 3.63) is 18.0 Å². The van der Waals surface area contributed by atoms with Crippen molar-refractivity contribution < 1.29 is 9.53 Å². The number of likely N-dealkylation sites (tertiary alicyclic amines) is 1. The fourth-order valence-corrected chi connectivity index (χ4v) is 2.76. The Morgan fingerprint density at radius 2 is 2.36 bits per heavy atom. The molecule has 1 aromatic rings. The molecule has 0 aliphatic carbocycles. The standard InChI is InChI=1S/C15H27N5O2/c1-18-5-4-13(10-18)8-16-15(21)20(6-7-22-3)12-14-9-17-19(2)11-14/h9,11,13H,4-8,10,12H2,1-3H3,(H,16,21). The number of carbonyl (C=O) groups excluding carboxylic acids is 1. The minimum atomic E-state index is -0.0320. The van der Waals surface area contributed by atoms with E-state index in [1.54, 1.807) is 22.9 Å². The molecular formula is C15H27N5O2. The lowest BCUT2D eigenvalue weighted by Crippen LogP contribution is -2.43. The number of nitrogens with zero attached hydrogens (tertiary/aromatic N) is 4. The number of aromatic nitrogens is 2. The second-order valence-corrected chi connectivity index (χ2v) is 6.04. The SMILES string of the molecule is COCCN(Cc1cnn(C)c1)C(=O)NCC1CCN(C)C1. The zero-order chi connectivity index (χ0) is 15.9. The molecule has 124 valence electrons. The number of nitrogens with one attached hydrogen (secondary N) is 1. The normalized spacial score (nSPS) is 18.6. The maximum Gasteiger partial charge on any atom is 0.317 e. The molecule has 7 heteroatoms. The monoisotopic (exact) mass is 309 g/mol. The highest BCUT2D eigenvalue weighted by molar-refractivity contribution is 5.74. The van der Waals surface area contributed by atoms with Crippen LogP contribution >= 0.6 is 0 Å². The predicted octanol–water partition coefficient (Wildman–Crippen LogP) is 0.530. The summed E-state index contributed by atoms with van der Waals surface area (Å²) in [5.41, 5.74) is 1.02. The molecule has 0 bridgehead atoms. The molecule has 0 saturated carbocycles. The van der Waals surface area contributed by atoms with Crippen molar-refractivity contribution >= 4 is 6.03 Å². The van der Waals surface area contributed by atoms with E-state index < -0.39 is 0 Å². The Morgan fingerprint density at radius 3 is 2.95 bits per heavy atom. The Kier molecular flexibility index (Phi) is 6.21. The second kappa shape index (κ2) is 8.14. The molecule has 1 atom stereocenters. The number of ether oxygens (including phenoxy) is 1. The molecular weight excluding hydrogens is 282 g/mol. The quantitative estimate of drug-likeness (QED) is 0.798. The fraction of sp³-hybridized carbons (Fsp3) is 0.733. The van der Waals surface area contributed by atoms with E-state index in [2.05, 4.69) is 22.4 Å². The van der Waals surface area contributed by atoms with Crippen LogP contribution in [0.4, 0.5) is 4.79 Å². The Labute approximate surface area is 132 Å². The number of methoxy groups -OCH3 is 1. The van der Waals surface area contributed by atoms with Gasteiger partial charge in [0.25, 0.3) is 0 Å². The van der Waals surface area contributed by atoms with Crippen molar-refractivity contribution in [1.82, 2.24) is 24.9 Å². The molecule has 2 amide bonds. The van der Waals surface area contributed by atoms with Crippen molar-refractivity contribution in [2.24, 2.45) is 13.0 Å². The van der Waals surface area contributed by atoms with Crippen LogP contribution in [-0.2, 0) is 18.3 Å². The Bertz CT molecular complexity index is 476. The number of aryl methyl sites for hydroxylation is 1. The summed E-state index contributed by atoms with van der Waals surface area (Å²) < 4.78 is 6.85. The lowest BCUT2D eigenvalue weighted by Gasteiger charge is -2.23. The molecule has 0 spiro atoms. The van der Waals surface area contributed by atoms with Gasteiger partial charge in [0, 0.05) is 45.6 Å². The lowest BCUT2D eigenvalue weighted by atomic mass is 10.1. The molecule has 0 aromatic carbocycles. The van der Waals surface area contributed by atoms with Crippen molar-refractivity contribution in [2.75, 3.05) is 46.9 Å². The van der Waals surface area contributed by atoms with Gasteiger partial charge in [-0.1, -0.05) is 0 Å². The van der Waals surface area contributed by atoms with Gasteiger partial charge in [-0.3, -0.25) is 4.68 Å². The van der Waals surface area contributed by atoms with Crippen LogP contribution in [0.25, 0.3) is 0 Å². The fourth-order valence-electron chi connectivity index (χ4n) is 2.76. The molecule has 1 N–H and O–H groups in total. The minimum Gasteiger partial charge on any atom is -0.383 e. The third kappa shape index (κ3) is 4.99. The molecule has 1 aliphatic heterocycles. The van der Waals surface area contributed by atoms with Crippen LogP contribution in [-0.4, -0.2) is 72.6 Å². The molecule has 1 aliphatic rings. The molecule has 22 heavy (non-hydrogen) atoms. The van der Waals surface area contributed by atoms with Gasteiger partial charge in [0.2, 0.25) is 0 Å². The first-order valence-corrected chi connectivity index (χ1v) is 7.76. The van der Waals surface area contributed by atoms with E-state index in [0.717, 1.165) is 31.6 Å². The average Bonchev–Trinajstić information content (AvgIpc) is 3.09. The highest BCUT2D eigenvalue weighted by Gasteiger charge is 2.21. The number of carbonyl (C=O) groups is 1. The van der Waals surface area contributed by atoms with Crippen LogP contribution in [0, 0.1) is 5.92 Å². The molecule has 2 rings (SSSR count). The van der Waals surface area contributed by atoms with Gasteiger partial charge in [-0.2, -0.15) is 5.10 Å². The summed E-state index contributed by atoms with van der Waals surface area (Å²) in [6, 6.07) is -0.0320. The van der Waals surface area contributed by atoms with E-state index in [9.17, 15) is 4.79 Å². The van der Waals surface area contributed by atoms with Crippen molar-refractivity contribution in [3.63, 3.8) is 0 Å². The Balaban J connectivity index is 1.85. The van der Waals surface area contributed by atoms with Crippen molar-refractivity contribution in [2.45, 2.75) is 13.0 Å². The van der Waals surface area contributed by atoms with Crippen LogP contribution in [0.5, 0.6) is 0 Å². The van der Waals surface area contributed by atoms with Crippen molar-refractivity contribution in [3.8, 4) is 0 Å². The highest BCUT2D eigenvalue weighted by atomic mass is 16.5. The summed E-state index contributed by atoms with van der Waals surface area (Å²) >= 11 is 0. The molecule has 1 unspecified atom stereocenters. The van der Waals surface area contributed by atoms with Gasteiger partial charge in [0.1, 0.15) is 0 Å². The van der Waals surface area contributed by atoms with E-state index in [4.69, 9.17) is 4.74 Å². The number of urea groups is 1. The molecule has 1 aromatic heterocycles. The number of rotatable bonds is 7. The van der Waals surface area contributed by atoms with Crippen molar-refractivity contribution in [1.29, 1.82) is 0 Å². The largest absolute Gasteiger partial charge is 0.383 e. The maximum atomic E-state index is 12.4. The van der Waals surface area contributed by atoms with Gasteiger partial charge in [-0.25, -0.2) is 4.79 Å². The average molecular weight is 309 g/mol. The van der Waals surface area contributed by atoms with Gasteiger partial charge in [-0.05, 0) is 25.9 Å². The summed E-state index contributed by atoms with van der Waals surface area (Å²) in [6.07, 6.45) is 4.87. The number of hydrogen-bond donors (Lipinski definition) is 1. The molecule has 1 fully saturated rings. The third-order valence-electron chi connectivity index (χ3n) is 4.02. The van der Waals surface area contributed by atoms with Crippen LogP contribution in [0.15, 0.2) is 12.4 Å². The van der Waals surface area contributed by atoms with Gasteiger partial charge >= 0.3 is 6.03 Å². The van der Waals surface area contributed by atoms with E-state index in [1.807, 2.05) is 13.2 Å². The van der Waals surface area contributed by atoms with E-state index in [1.165, 1.54) is 0 Å². The van der Waals surface area contributed by atoms with E-state index in [0.29, 0.717) is 25.6 Å². The third-order valence-corrected chi connectivity index (χ3v) is 4.02. The smallest absolute Gasteiger partial charge is 0.317 e. The molecule has 0 radical (unpaired) electrons. The molecule has 7 nitrogen and oxygen atoms in total. The molecule has 1 saturated heterocycles. The van der Waals surface area contributed by atoms with Crippen LogP contribution in [0.3, 0.4) is 0 Å². The second-order valence-electron chi connectivity index (χ2n) is 6.04. The lowest BCUT2D eigenvalue weighted by molar-refractivity contribution is 0.146. The Hall–Kier alpha value is -1.60.